The number of hydrogen-bond donors (Lipinski definition) is 1. The Bertz CT molecular complexity index is 388. The third-order valence-corrected chi connectivity index (χ3v) is 3.37. The average Bonchev–Trinajstić information content (AvgIpc) is 2.83. The molecule has 1 N–H and O–H groups in total. The van der Waals surface area contributed by atoms with Crippen molar-refractivity contribution in [3.63, 3.8) is 0 Å². The third-order valence-electron chi connectivity index (χ3n) is 3.37. The molecule has 0 saturated carbocycles. The first-order chi connectivity index (χ1) is 9.40. The largest absolute Gasteiger partial charge is 0.368 e. The topological polar surface area (TPSA) is 60.2 Å². The molecule has 0 radical (unpaired) electrons. The molecule has 0 aliphatic carbocycles. The Morgan fingerprint density at radius 3 is 2.55 bits per heavy atom. The fourth-order valence-electron chi connectivity index (χ4n) is 2.07. The molecule has 0 amide bonds. The zero-order valence-corrected chi connectivity index (χ0v) is 13.7. The van der Waals surface area contributed by atoms with Crippen molar-refractivity contribution < 1.29 is 9.26 Å². The highest BCUT2D eigenvalue weighted by molar-refractivity contribution is 4.98. The fraction of sp³-hybridized carbons (Fsp3) is 0.867. The molecule has 1 atom stereocenters. The van der Waals surface area contributed by atoms with E-state index in [0.29, 0.717) is 30.3 Å². The Morgan fingerprint density at radius 2 is 2.00 bits per heavy atom. The maximum absolute atomic E-state index is 5.65. The normalized spacial score (nSPS) is 13.9. The van der Waals surface area contributed by atoms with Gasteiger partial charge in [-0.05, 0) is 39.7 Å². The maximum Gasteiger partial charge on any atom is 0.228 e. The summed E-state index contributed by atoms with van der Waals surface area (Å²) in [5, 5.41) is 7.59. The minimum absolute atomic E-state index is 0.360. The van der Waals surface area contributed by atoms with E-state index in [2.05, 4.69) is 36.2 Å². The van der Waals surface area contributed by atoms with Gasteiger partial charge in [-0.25, -0.2) is 0 Å². The van der Waals surface area contributed by atoms with Gasteiger partial charge in [0.25, 0.3) is 0 Å². The van der Waals surface area contributed by atoms with E-state index >= 15 is 0 Å². The average molecular weight is 283 g/mol. The molecule has 0 saturated heterocycles. The van der Waals surface area contributed by atoms with E-state index < -0.39 is 5.60 Å². The predicted molar refractivity (Wildman–Crippen MR) is 79.6 cm³/mol. The lowest BCUT2D eigenvalue weighted by Crippen LogP contribution is -2.36. The number of ether oxygens (including phenoxy) is 1. The molecule has 1 rings (SSSR count). The summed E-state index contributed by atoms with van der Waals surface area (Å²) in [5.74, 6) is 1.82. The van der Waals surface area contributed by atoms with Crippen LogP contribution < -0.4 is 5.32 Å². The first-order valence-corrected chi connectivity index (χ1v) is 7.61. The van der Waals surface area contributed by atoms with Gasteiger partial charge in [0.15, 0.2) is 0 Å². The van der Waals surface area contributed by atoms with E-state index in [0.717, 1.165) is 19.4 Å². The van der Waals surface area contributed by atoms with E-state index in [-0.39, 0.29) is 0 Å². The first kappa shape index (κ1) is 17.1. The van der Waals surface area contributed by atoms with Crippen molar-refractivity contribution in [2.24, 2.45) is 5.92 Å². The van der Waals surface area contributed by atoms with Crippen LogP contribution in [0.25, 0.3) is 0 Å². The number of rotatable bonds is 9. The van der Waals surface area contributed by atoms with Crippen LogP contribution in [-0.4, -0.2) is 29.3 Å². The Labute approximate surface area is 122 Å². The summed E-state index contributed by atoms with van der Waals surface area (Å²) in [7, 11) is 0. The van der Waals surface area contributed by atoms with Gasteiger partial charge in [0.05, 0.1) is 0 Å². The molecule has 1 unspecified atom stereocenters. The smallest absolute Gasteiger partial charge is 0.228 e. The molecule has 0 aliphatic rings. The molecule has 1 aromatic heterocycles. The van der Waals surface area contributed by atoms with Crippen LogP contribution in [0.1, 0.15) is 59.7 Å². The number of hydrogen-bond acceptors (Lipinski definition) is 5. The molecule has 0 spiro atoms. The lowest BCUT2D eigenvalue weighted by atomic mass is 10.0. The second-order valence-corrected chi connectivity index (χ2v) is 5.96. The zero-order chi connectivity index (χ0) is 15.2. The van der Waals surface area contributed by atoms with Crippen molar-refractivity contribution >= 4 is 0 Å². The van der Waals surface area contributed by atoms with E-state index in [4.69, 9.17) is 9.26 Å². The van der Waals surface area contributed by atoms with Gasteiger partial charge in [0.2, 0.25) is 11.7 Å². The van der Waals surface area contributed by atoms with Gasteiger partial charge in [0.1, 0.15) is 5.60 Å². The van der Waals surface area contributed by atoms with E-state index in [1.165, 1.54) is 0 Å². The van der Waals surface area contributed by atoms with Crippen molar-refractivity contribution in [2.45, 2.75) is 66.0 Å². The molecule has 0 aromatic carbocycles. The summed E-state index contributed by atoms with van der Waals surface area (Å²) >= 11 is 0. The lowest BCUT2D eigenvalue weighted by Gasteiger charge is -2.21. The zero-order valence-electron chi connectivity index (χ0n) is 13.7. The Hall–Kier alpha value is -0.940. The van der Waals surface area contributed by atoms with Gasteiger partial charge in [0, 0.05) is 19.1 Å². The SMILES string of the molecule is CCCNC(Cc1nc(C(C)(C)OCC)no1)C(C)C. The number of nitrogens with one attached hydrogen (secondary N) is 1. The van der Waals surface area contributed by atoms with Gasteiger partial charge < -0.3 is 14.6 Å². The van der Waals surface area contributed by atoms with E-state index in [9.17, 15) is 0 Å². The van der Waals surface area contributed by atoms with Gasteiger partial charge >= 0.3 is 0 Å². The minimum Gasteiger partial charge on any atom is -0.368 e. The maximum atomic E-state index is 5.65. The molecule has 1 heterocycles. The van der Waals surface area contributed by atoms with Crippen LogP contribution in [0.3, 0.4) is 0 Å². The van der Waals surface area contributed by atoms with Crippen LogP contribution in [0.5, 0.6) is 0 Å². The van der Waals surface area contributed by atoms with Crippen LogP contribution in [-0.2, 0) is 16.8 Å². The van der Waals surface area contributed by atoms with Gasteiger partial charge in [-0.3, -0.25) is 0 Å². The van der Waals surface area contributed by atoms with Crippen molar-refractivity contribution in [3.8, 4) is 0 Å². The third kappa shape index (κ3) is 4.87. The molecule has 0 bridgehead atoms. The van der Waals surface area contributed by atoms with Crippen LogP contribution >= 0.6 is 0 Å². The second-order valence-electron chi connectivity index (χ2n) is 5.96. The van der Waals surface area contributed by atoms with Gasteiger partial charge in [-0.1, -0.05) is 25.9 Å². The van der Waals surface area contributed by atoms with Crippen LogP contribution in [0.2, 0.25) is 0 Å². The highest BCUT2D eigenvalue weighted by Crippen LogP contribution is 2.22. The van der Waals surface area contributed by atoms with Crippen molar-refractivity contribution in [1.29, 1.82) is 0 Å². The Kier molecular flexibility index (Phi) is 6.62. The first-order valence-electron chi connectivity index (χ1n) is 7.61. The molecule has 116 valence electrons. The van der Waals surface area contributed by atoms with Crippen LogP contribution in [0, 0.1) is 5.92 Å². The molecular formula is C15H29N3O2. The Balaban J connectivity index is 2.70. The summed E-state index contributed by atoms with van der Waals surface area (Å²) < 4.78 is 11.0. The molecule has 5 nitrogen and oxygen atoms in total. The second kappa shape index (κ2) is 7.74. The molecule has 20 heavy (non-hydrogen) atoms. The van der Waals surface area contributed by atoms with Crippen molar-refractivity contribution in [2.75, 3.05) is 13.2 Å². The van der Waals surface area contributed by atoms with E-state index in [1.807, 2.05) is 20.8 Å². The molecule has 0 fully saturated rings. The fourth-order valence-corrected chi connectivity index (χ4v) is 2.07. The monoisotopic (exact) mass is 283 g/mol. The molecule has 1 aromatic rings. The summed E-state index contributed by atoms with van der Waals surface area (Å²) in [5.41, 5.74) is -0.499. The quantitative estimate of drug-likeness (QED) is 0.755. The summed E-state index contributed by atoms with van der Waals surface area (Å²) in [6.45, 7) is 14.1. The summed E-state index contributed by atoms with van der Waals surface area (Å²) in [4.78, 5) is 4.49. The molecule has 0 aliphatic heterocycles. The van der Waals surface area contributed by atoms with Crippen LogP contribution in [0.15, 0.2) is 4.52 Å². The Morgan fingerprint density at radius 1 is 1.30 bits per heavy atom. The summed E-state index contributed by atoms with van der Waals surface area (Å²) in [6.07, 6.45) is 1.88. The number of aromatic nitrogens is 2. The van der Waals surface area contributed by atoms with E-state index in [1.54, 1.807) is 0 Å². The van der Waals surface area contributed by atoms with Gasteiger partial charge in [-0.2, -0.15) is 4.98 Å². The minimum atomic E-state index is -0.499. The molecule has 5 heteroatoms. The van der Waals surface area contributed by atoms with Gasteiger partial charge in [-0.15, -0.1) is 0 Å². The summed E-state index contributed by atoms with van der Waals surface area (Å²) in [6, 6.07) is 0.360. The van der Waals surface area contributed by atoms with Crippen LogP contribution in [0.4, 0.5) is 0 Å². The molecular weight excluding hydrogens is 254 g/mol. The highest BCUT2D eigenvalue weighted by atomic mass is 16.5. The predicted octanol–water partition coefficient (Wildman–Crippen LogP) is 2.91. The number of nitrogens with zero attached hydrogens (tertiary/aromatic N) is 2. The lowest BCUT2D eigenvalue weighted by molar-refractivity contribution is -0.0221. The highest BCUT2D eigenvalue weighted by Gasteiger charge is 2.28. The van der Waals surface area contributed by atoms with Crippen molar-refractivity contribution in [3.05, 3.63) is 11.7 Å². The standard InChI is InChI=1S/C15H29N3O2/c1-7-9-16-12(11(3)4)10-13-17-14(18-20-13)15(5,6)19-8-2/h11-12,16H,7-10H2,1-6H3. The van der Waals surface area contributed by atoms with Crippen molar-refractivity contribution in [1.82, 2.24) is 15.5 Å².